The van der Waals surface area contributed by atoms with E-state index in [9.17, 15) is 14.4 Å². The van der Waals surface area contributed by atoms with Gasteiger partial charge in [0.15, 0.2) is 0 Å². The predicted octanol–water partition coefficient (Wildman–Crippen LogP) is 0.654. The van der Waals surface area contributed by atoms with Crippen molar-refractivity contribution in [2.24, 2.45) is 0 Å². The topological polar surface area (TPSA) is 114 Å². The molecule has 0 aliphatic heterocycles. The van der Waals surface area contributed by atoms with E-state index >= 15 is 0 Å². The van der Waals surface area contributed by atoms with Crippen LogP contribution < -0.4 is 10.6 Å². The number of carboxylic acid groups (broad SMARTS) is 1. The van der Waals surface area contributed by atoms with Gasteiger partial charge in [0.1, 0.15) is 13.2 Å². The van der Waals surface area contributed by atoms with Crippen molar-refractivity contribution in [2.75, 3.05) is 19.8 Å². The molecule has 20 heavy (non-hydrogen) atoms. The molecule has 3 N–H and O–H groups in total. The Kier molecular flexibility index (Phi) is 9.11. The van der Waals surface area contributed by atoms with Gasteiger partial charge in [-0.25, -0.2) is 9.59 Å². The van der Waals surface area contributed by atoms with E-state index in [2.05, 4.69) is 33.3 Å². The van der Waals surface area contributed by atoms with E-state index < -0.39 is 24.2 Å². The second-order valence-corrected chi connectivity index (χ2v) is 3.59. The molecular weight excluding hydrogens is 268 g/mol. The molecule has 0 unspecified atom stereocenters. The van der Waals surface area contributed by atoms with Crippen LogP contribution in [-0.2, 0) is 14.3 Å². The van der Waals surface area contributed by atoms with Gasteiger partial charge in [-0.3, -0.25) is 4.79 Å². The molecule has 0 fully saturated rings. The molecule has 0 saturated carbocycles. The Morgan fingerprint density at radius 2 is 1.65 bits per heavy atom. The number of ether oxygens (including phenoxy) is 2. The summed E-state index contributed by atoms with van der Waals surface area (Å²) < 4.78 is 9.30. The standard InChI is InChI=1S/C12H18N2O6/c1-3-5-19-11(17)13-8-9(7-10(15)16)14-12(18)20-6-4-2/h3-4,9H,1-2,5-8H2,(H,13,17)(H,14,18)(H,15,16)/t9-/m0/s1. The molecule has 2 amide bonds. The van der Waals surface area contributed by atoms with E-state index in [0.29, 0.717) is 0 Å². The van der Waals surface area contributed by atoms with Gasteiger partial charge in [-0.15, -0.1) is 0 Å². The van der Waals surface area contributed by atoms with Gasteiger partial charge in [0.05, 0.1) is 12.5 Å². The molecule has 0 aromatic heterocycles. The zero-order valence-corrected chi connectivity index (χ0v) is 11.0. The van der Waals surface area contributed by atoms with Crippen LogP contribution in [0.2, 0.25) is 0 Å². The number of carbonyl (C=O) groups excluding carboxylic acids is 2. The highest BCUT2D eigenvalue weighted by Crippen LogP contribution is 1.93. The lowest BCUT2D eigenvalue weighted by atomic mass is 10.2. The average Bonchev–Trinajstić information content (AvgIpc) is 2.39. The van der Waals surface area contributed by atoms with Gasteiger partial charge in [0.2, 0.25) is 0 Å². The Bertz CT molecular complexity index is 369. The Hall–Kier alpha value is -2.51. The molecule has 0 aliphatic carbocycles. The SMILES string of the molecule is C=CCOC(=O)NC[C@H](CC(=O)O)NC(=O)OCC=C. The lowest BCUT2D eigenvalue weighted by Gasteiger charge is -2.17. The van der Waals surface area contributed by atoms with Crippen molar-refractivity contribution in [3.8, 4) is 0 Å². The molecule has 112 valence electrons. The van der Waals surface area contributed by atoms with Crippen LogP contribution in [0.4, 0.5) is 9.59 Å². The molecule has 0 bridgehead atoms. The number of hydrogen-bond donors (Lipinski definition) is 3. The highest BCUT2D eigenvalue weighted by atomic mass is 16.6. The molecule has 8 nitrogen and oxygen atoms in total. The summed E-state index contributed by atoms with van der Waals surface area (Å²) in [4.78, 5) is 33.1. The van der Waals surface area contributed by atoms with Crippen LogP contribution in [-0.4, -0.2) is 49.1 Å². The number of aliphatic carboxylic acids is 1. The first kappa shape index (κ1) is 17.5. The maximum Gasteiger partial charge on any atom is 0.407 e. The molecule has 0 spiro atoms. The molecule has 0 rings (SSSR count). The number of carbonyl (C=O) groups is 3. The van der Waals surface area contributed by atoms with Gasteiger partial charge in [0, 0.05) is 6.54 Å². The molecule has 0 aromatic carbocycles. The average molecular weight is 286 g/mol. The highest BCUT2D eigenvalue weighted by Gasteiger charge is 2.17. The van der Waals surface area contributed by atoms with Gasteiger partial charge >= 0.3 is 18.2 Å². The Labute approximate surface area is 116 Å². The quantitative estimate of drug-likeness (QED) is 0.536. The molecule has 0 aromatic rings. The first-order valence-electron chi connectivity index (χ1n) is 5.77. The summed E-state index contributed by atoms with van der Waals surface area (Å²) in [5.74, 6) is -1.12. The minimum absolute atomic E-state index is 0.000426. The summed E-state index contributed by atoms with van der Waals surface area (Å²) in [7, 11) is 0. The fourth-order valence-electron chi connectivity index (χ4n) is 1.12. The van der Waals surface area contributed by atoms with E-state index in [1.165, 1.54) is 12.2 Å². The highest BCUT2D eigenvalue weighted by molar-refractivity contribution is 5.72. The normalized spacial score (nSPS) is 10.8. The van der Waals surface area contributed by atoms with E-state index in [0.717, 1.165) is 0 Å². The zero-order valence-electron chi connectivity index (χ0n) is 11.0. The predicted molar refractivity (Wildman–Crippen MR) is 70.3 cm³/mol. The van der Waals surface area contributed by atoms with Crippen LogP contribution in [0.1, 0.15) is 6.42 Å². The Morgan fingerprint density at radius 3 is 2.15 bits per heavy atom. The summed E-state index contributed by atoms with van der Waals surface area (Å²) in [6.45, 7) is 6.67. The largest absolute Gasteiger partial charge is 0.481 e. The van der Waals surface area contributed by atoms with E-state index in [4.69, 9.17) is 5.11 Å². The molecule has 1 atom stereocenters. The summed E-state index contributed by atoms with van der Waals surface area (Å²) in [5.41, 5.74) is 0. The van der Waals surface area contributed by atoms with Crippen molar-refractivity contribution in [1.82, 2.24) is 10.6 Å². The van der Waals surface area contributed by atoms with Crippen LogP contribution in [0.15, 0.2) is 25.3 Å². The van der Waals surface area contributed by atoms with E-state index in [-0.39, 0.29) is 26.2 Å². The molecule has 0 heterocycles. The third kappa shape index (κ3) is 9.51. The van der Waals surface area contributed by atoms with E-state index in [1.54, 1.807) is 0 Å². The minimum Gasteiger partial charge on any atom is -0.481 e. The summed E-state index contributed by atoms with van der Waals surface area (Å²) in [5, 5.41) is 13.4. The van der Waals surface area contributed by atoms with Crippen LogP contribution in [0.25, 0.3) is 0 Å². The lowest BCUT2D eigenvalue weighted by Crippen LogP contribution is -2.45. The first-order chi connectivity index (χ1) is 9.49. The lowest BCUT2D eigenvalue weighted by molar-refractivity contribution is -0.137. The van der Waals surface area contributed by atoms with Crippen molar-refractivity contribution in [3.05, 3.63) is 25.3 Å². The van der Waals surface area contributed by atoms with Gasteiger partial charge in [-0.1, -0.05) is 25.3 Å². The molecule has 0 saturated heterocycles. The van der Waals surface area contributed by atoms with Crippen molar-refractivity contribution in [1.29, 1.82) is 0 Å². The maximum atomic E-state index is 11.3. The van der Waals surface area contributed by atoms with Crippen LogP contribution in [0.5, 0.6) is 0 Å². The van der Waals surface area contributed by atoms with Crippen LogP contribution in [0.3, 0.4) is 0 Å². The number of amides is 2. The van der Waals surface area contributed by atoms with Gasteiger partial charge in [-0.2, -0.15) is 0 Å². The van der Waals surface area contributed by atoms with Crippen molar-refractivity contribution in [2.45, 2.75) is 12.5 Å². The van der Waals surface area contributed by atoms with E-state index in [1.807, 2.05) is 0 Å². The van der Waals surface area contributed by atoms with Crippen molar-refractivity contribution < 1.29 is 29.0 Å². The smallest absolute Gasteiger partial charge is 0.407 e. The minimum atomic E-state index is -1.12. The molecule has 0 radical (unpaired) electrons. The fraction of sp³-hybridized carbons (Fsp3) is 0.417. The number of hydrogen-bond acceptors (Lipinski definition) is 5. The third-order valence-corrected chi connectivity index (χ3v) is 1.90. The van der Waals surface area contributed by atoms with Gasteiger partial charge < -0.3 is 25.2 Å². The monoisotopic (exact) mass is 286 g/mol. The number of alkyl carbamates (subject to hydrolysis) is 2. The molecule has 8 heteroatoms. The number of nitrogens with one attached hydrogen (secondary N) is 2. The third-order valence-electron chi connectivity index (χ3n) is 1.90. The van der Waals surface area contributed by atoms with Crippen molar-refractivity contribution >= 4 is 18.2 Å². The molecule has 0 aliphatic rings. The number of rotatable bonds is 9. The van der Waals surface area contributed by atoms with Crippen LogP contribution >= 0.6 is 0 Å². The second-order valence-electron chi connectivity index (χ2n) is 3.59. The zero-order chi connectivity index (χ0) is 15.4. The Morgan fingerprint density at radius 1 is 1.10 bits per heavy atom. The second kappa shape index (κ2) is 10.4. The first-order valence-corrected chi connectivity index (χ1v) is 5.77. The van der Waals surface area contributed by atoms with Gasteiger partial charge in [0.25, 0.3) is 0 Å². The summed E-state index contributed by atoms with van der Waals surface area (Å²) in [6, 6.07) is -0.818. The van der Waals surface area contributed by atoms with Gasteiger partial charge in [-0.05, 0) is 0 Å². The summed E-state index contributed by atoms with van der Waals surface area (Å²) >= 11 is 0. The maximum absolute atomic E-state index is 11.3. The van der Waals surface area contributed by atoms with Crippen LogP contribution in [0, 0.1) is 0 Å². The summed E-state index contributed by atoms with van der Waals surface area (Å²) in [6.07, 6.45) is 0.861. The fourth-order valence-corrected chi connectivity index (χ4v) is 1.12. The Balaban J connectivity index is 4.23. The number of carboxylic acids is 1. The van der Waals surface area contributed by atoms with Crippen molar-refractivity contribution in [3.63, 3.8) is 0 Å². The molecular formula is C12H18N2O6.